The second-order valence-electron chi connectivity index (χ2n) is 5.16. The SMILES string of the molecule is CC1CCN(C(=O)c2csc(CCN)n2)CC1C. The van der Waals surface area contributed by atoms with Crippen LogP contribution in [0.25, 0.3) is 0 Å². The Morgan fingerprint density at radius 3 is 3.00 bits per heavy atom. The van der Waals surface area contributed by atoms with Crippen molar-refractivity contribution in [2.45, 2.75) is 26.7 Å². The van der Waals surface area contributed by atoms with Gasteiger partial charge >= 0.3 is 0 Å². The molecule has 0 saturated carbocycles. The Bertz CT molecular complexity index is 418. The van der Waals surface area contributed by atoms with Crippen molar-refractivity contribution < 1.29 is 4.79 Å². The van der Waals surface area contributed by atoms with E-state index in [1.165, 1.54) is 11.3 Å². The van der Waals surface area contributed by atoms with Gasteiger partial charge < -0.3 is 10.6 Å². The first-order valence-corrected chi connectivity index (χ1v) is 7.43. The lowest BCUT2D eigenvalue weighted by Crippen LogP contribution is -2.42. The molecule has 4 nitrogen and oxygen atoms in total. The number of rotatable bonds is 3. The van der Waals surface area contributed by atoms with Gasteiger partial charge in [0, 0.05) is 24.9 Å². The summed E-state index contributed by atoms with van der Waals surface area (Å²) < 4.78 is 0. The number of amides is 1. The van der Waals surface area contributed by atoms with Crippen molar-refractivity contribution in [2.24, 2.45) is 17.6 Å². The van der Waals surface area contributed by atoms with E-state index in [9.17, 15) is 4.79 Å². The molecule has 2 rings (SSSR count). The molecule has 0 aliphatic carbocycles. The number of nitrogens with zero attached hydrogens (tertiary/aromatic N) is 2. The molecule has 0 aromatic carbocycles. The van der Waals surface area contributed by atoms with Crippen molar-refractivity contribution in [3.8, 4) is 0 Å². The second-order valence-corrected chi connectivity index (χ2v) is 6.10. The molecular formula is C13H21N3OS. The van der Waals surface area contributed by atoms with Gasteiger partial charge in [-0.2, -0.15) is 0 Å². The predicted molar refractivity (Wildman–Crippen MR) is 73.7 cm³/mol. The maximum atomic E-state index is 12.3. The minimum Gasteiger partial charge on any atom is -0.337 e. The number of aromatic nitrogens is 1. The van der Waals surface area contributed by atoms with Crippen molar-refractivity contribution in [1.29, 1.82) is 0 Å². The summed E-state index contributed by atoms with van der Waals surface area (Å²) in [5.74, 6) is 1.36. The first-order chi connectivity index (χ1) is 8.61. The molecule has 2 atom stereocenters. The van der Waals surface area contributed by atoms with E-state index in [1.807, 2.05) is 10.3 Å². The molecule has 100 valence electrons. The Labute approximate surface area is 112 Å². The number of nitrogens with two attached hydrogens (primary N) is 1. The third-order valence-electron chi connectivity index (χ3n) is 3.75. The van der Waals surface area contributed by atoms with E-state index in [0.29, 0.717) is 24.1 Å². The van der Waals surface area contributed by atoms with Crippen LogP contribution in [-0.2, 0) is 6.42 Å². The van der Waals surface area contributed by atoms with Crippen LogP contribution in [0.2, 0.25) is 0 Å². The quantitative estimate of drug-likeness (QED) is 0.908. The molecule has 1 aromatic heterocycles. The summed E-state index contributed by atoms with van der Waals surface area (Å²) in [6.45, 7) is 6.76. The summed E-state index contributed by atoms with van der Waals surface area (Å²) in [6.07, 6.45) is 1.85. The van der Waals surface area contributed by atoms with E-state index in [0.717, 1.165) is 30.9 Å². The summed E-state index contributed by atoms with van der Waals surface area (Å²) in [6, 6.07) is 0. The van der Waals surface area contributed by atoms with Crippen molar-refractivity contribution in [2.75, 3.05) is 19.6 Å². The molecule has 2 unspecified atom stereocenters. The van der Waals surface area contributed by atoms with Gasteiger partial charge in [-0.1, -0.05) is 13.8 Å². The molecule has 1 aromatic rings. The molecule has 0 bridgehead atoms. The topological polar surface area (TPSA) is 59.2 Å². The highest BCUT2D eigenvalue weighted by Gasteiger charge is 2.27. The number of carbonyl (C=O) groups excluding carboxylic acids is 1. The minimum atomic E-state index is 0.0771. The molecule has 2 heterocycles. The van der Waals surface area contributed by atoms with Crippen molar-refractivity contribution in [3.05, 3.63) is 16.1 Å². The summed E-state index contributed by atoms with van der Waals surface area (Å²) in [5.41, 5.74) is 6.08. The lowest BCUT2D eigenvalue weighted by atomic mass is 9.88. The third-order valence-corrected chi connectivity index (χ3v) is 4.66. The lowest BCUT2D eigenvalue weighted by molar-refractivity contribution is 0.0622. The minimum absolute atomic E-state index is 0.0771. The number of carbonyl (C=O) groups is 1. The number of likely N-dealkylation sites (tertiary alicyclic amines) is 1. The van der Waals surface area contributed by atoms with Gasteiger partial charge in [0.25, 0.3) is 5.91 Å². The van der Waals surface area contributed by atoms with E-state index in [1.54, 1.807) is 0 Å². The fraction of sp³-hybridized carbons (Fsp3) is 0.692. The first kappa shape index (κ1) is 13.5. The number of hydrogen-bond donors (Lipinski definition) is 1. The zero-order valence-corrected chi connectivity index (χ0v) is 11.9. The standard InChI is InChI=1S/C13H21N3OS/c1-9-4-6-16(7-10(9)2)13(17)11-8-18-12(15-11)3-5-14/h8-10H,3-7,14H2,1-2H3. The Morgan fingerprint density at radius 2 is 2.33 bits per heavy atom. The maximum absolute atomic E-state index is 12.3. The van der Waals surface area contributed by atoms with Gasteiger partial charge in [0.1, 0.15) is 5.69 Å². The van der Waals surface area contributed by atoms with Crippen LogP contribution in [0, 0.1) is 11.8 Å². The van der Waals surface area contributed by atoms with Gasteiger partial charge in [-0.15, -0.1) is 11.3 Å². The van der Waals surface area contributed by atoms with Gasteiger partial charge in [-0.3, -0.25) is 4.79 Å². The van der Waals surface area contributed by atoms with Crippen LogP contribution in [0.3, 0.4) is 0 Å². The summed E-state index contributed by atoms with van der Waals surface area (Å²) in [4.78, 5) is 18.6. The fourth-order valence-corrected chi connectivity index (χ4v) is 3.04. The van der Waals surface area contributed by atoms with Gasteiger partial charge in [-0.25, -0.2) is 4.98 Å². The Hall–Kier alpha value is -0.940. The van der Waals surface area contributed by atoms with Gasteiger partial charge in [-0.05, 0) is 24.8 Å². The van der Waals surface area contributed by atoms with Crippen LogP contribution >= 0.6 is 11.3 Å². The summed E-state index contributed by atoms with van der Waals surface area (Å²) in [7, 11) is 0. The average molecular weight is 267 g/mol. The highest BCUT2D eigenvalue weighted by atomic mass is 32.1. The van der Waals surface area contributed by atoms with Crippen molar-refractivity contribution in [3.63, 3.8) is 0 Å². The molecule has 18 heavy (non-hydrogen) atoms. The second kappa shape index (κ2) is 5.80. The van der Waals surface area contributed by atoms with Gasteiger partial charge in [0.05, 0.1) is 5.01 Å². The van der Waals surface area contributed by atoms with E-state index in [-0.39, 0.29) is 5.91 Å². The highest BCUT2D eigenvalue weighted by Crippen LogP contribution is 2.24. The monoisotopic (exact) mass is 267 g/mol. The Balaban J connectivity index is 2.02. The number of hydrogen-bond acceptors (Lipinski definition) is 4. The molecule has 5 heteroatoms. The zero-order valence-electron chi connectivity index (χ0n) is 11.1. The van der Waals surface area contributed by atoms with E-state index in [2.05, 4.69) is 18.8 Å². The average Bonchev–Trinajstić information content (AvgIpc) is 2.81. The smallest absolute Gasteiger partial charge is 0.273 e. The van der Waals surface area contributed by atoms with E-state index >= 15 is 0 Å². The van der Waals surface area contributed by atoms with Crippen LogP contribution in [0.1, 0.15) is 35.8 Å². The van der Waals surface area contributed by atoms with Crippen LogP contribution in [-0.4, -0.2) is 35.4 Å². The molecule has 1 amide bonds. The maximum Gasteiger partial charge on any atom is 0.273 e. The Kier molecular flexibility index (Phi) is 4.35. The Morgan fingerprint density at radius 1 is 1.56 bits per heavy atom. The zero-order chi connectivity index (χ0) is 13.1. The molecule has 0 radical (unpaired) electrons. The molecule has 1 aliphatic rings. The lowest BCUT2D eigenvalue weighted by Gasteiger charge is -2.34. The summed E-state index contributed by atoms with van der Waals surface area (Å²) in [5, 5.41) is 2.81. The molecule has 2 N–H and O–H groups in total. The van der Waals surface area contributed by atoms with E-state index in [4.69, 9.17) is 5.73 Å². The van der Waals surface area contributed by atoms with Crippen LogP contribution in [0.15, 0.2) is 5.38 Å². The van der Waals surface area contributed by atoms with E-state index < -0.39 is 0 Å². The fourth-order valence-electron chi connectivity index (χ4n) is 2.26. The third kappa shape index (κ3) is 2.90. The highest BCUT2D eigenvalue weighted by molar-refractivity contribution is 7.09. The largest absolute Gasteiger partial charge is 0.337 e. The summed E-state index contributed by atoms with van der Waals surface area (Å²) >= 11 is 1.53. The van der Waals surface area contributed by atoms with Crippen molar-refractivity contribution in [1.82, 2.24) is 9.88 Å². The van der Waals surface area contributed by atoms with Gasteiger partial charge in [0.15, 0.2) is 0 Å². The molecule has 1 fully saturated rings. The molecule has 1 saturated heterocycles. The van der Waals surface area contributed by atoms with Crippen LogP contribution in [0.5, 0.6) is 0 Å². The predicted octanol–water partition coefficient (Wildman–Crippen LogP) is 1.76. The normalized spacial score (nSPS) is 24.3. The first-order valence-electron chi connectivity index (χ1n) is 6.55. The van der Waals surface area contributed by atoms with Crippen LogP contribution in [0.4, 0.5) is 0 Å². The number of thiazole rings is 1. The molecular weight excluding hydrogens is 246 g/mol. The molecule has 1 aliphatic heterocycles. The number of piperidine rings is 1. The van der Waals surface area contributed by atoms with Crippen molar-refractivity contribution >= 4 is 17.2 Å². The molecule has 0 spiro atoms. The van der Waals surface area contributed by atoms with Crippen LogP contribution < -0.4 is 5.73 Å². The van der Waals surface area contributed by atoms with Gasteiger partial charge in [0.2, 0.25) is 0 Å².